The number of hydrogen-bond acceptors (Lipinski definition) is 9. The van der Waals surface area contributed by atoms with Gasteiger partial charge in [-0.05, 0) is 11.6 Å². The zero-order chi connectivity index (χ0) is 15.2. The number of nitro groups is 1. The Labute approximate surface area is 122 Å². The lowest BCUT2D eigenvalue weighted by molar-refractivity contribution is -0.385. The molecular formula is C10H11N7O3S. The Bertz CT molecular complexity index is 646. The summed E-state index contributed by atoms with van der Waals surface area (Å²) in [6, 6.07) is 1.33. The van der Waals surface area contributed by atoms with Crippen molar-refractivity contribution in [2.45, 2.75) is 13.3 Å². The number of carbonyl (C=O) groups excluding carboxylic acids is 1. The van der Waals surface area contributed by atoms with Crippen LogP contribution in [-0.4, -0.2) is 37.2 Å². The Hall–Kier alpha value is -2.69. The second-order valence-electron chi connectivity index (χ2n) is 3.89. The fourth-order valence-corrected chi connectivity index (χ4v) is 1.83. The Balaban J connectivity index is 2.29. The first-order valence-electron chi connectivity index (χ1n) is 5.96. The van der Waals surface area contributed by atoms with Crippen molar-refractivity contribution in [3.8, 4) is 0 Å². The summed E-state index contributed by atoms with van der Waals surface area (Å²) in [5.74, 6) is -0.273. The lowest BCUT2D eigenvalue weighted by Gasteiger charge is -2.06. The molecule has 1 amide bonds. The van der Waals surface area contributed by atoms with Crippen LogP contribution in [0, 0.1) is 10.1 Å². The molecule has 11 heteroatoms. The van der Waals surface area contributed by atoms with Gasteiger partial charge in [0.05, 0.1) is 4.92 Å². The average molecular weight is 309 g/mol. The van der Waals surface area contributed by atoms with Crippen molar-refractivity contribution in [1.29, 1.82) is 0 Å². The van der Waals surface area contributed by atoms with Crippen LogP contribution in [0.25, 0.3) is 0 Å². The van der Waals surface area contributed by atoms with Crippen molar-refractivity contribution in [2.75, 3.05) is 17.2 Å². The number of hydrogen-bond donors (Lipinski definition) is 2. The third kappa shape index (κ3) is 3.66. The Morgan fingerprint density at radius 2 is 2.33 bits per heavy atom. The van der Waals surface area contributed by atoms with E-state index in [1.54, 1.807) is 0 Å². The van der Waals surface area contributed by atoms with E-state index < -0.39 is 10.8 Å². The fourth-order valence-electron chi connectivity index (χ4n) is 1.47. The third-order valence-corrected chi connectivity index (χ3v) is 2.91. The smallest absolute Gasteiger partial charge is 0.300 e. The molecule has 110 valence electrons. The van der Waals surface area contributed by atoms with E-state index in [-0.39, 0.29) is 16.4 Å². The highest BCUT2D eigenvalue weighted by Gasteiger charge is 2.22. The van der Waals surface area contributed by atoms with Crippen LogP contribution in [0.1, 0.15) is 23.7 Å². The molecule has 0 aliphatic heterocycles. The minimum absolute atomic E-state index is 0.108. The molecule has 0 radical (unpaired) electrons. The van der Waals surface area contributed by atoms with Crippen LogP contribution in [0.5, 0.6) is 0 Å². The maximum absolute atomic E-state index is 12.1. The van der Waals surface area contributed by atoms with Gasteiger partial charge < -0.3 is 5.32 Å². The first kappa shape index (κ1) is 14.7. The van der Waals surface area contributed by atoms with E-state index in [1.807, 2.05) is 6.92 Å². The molecule has 0 aromatic carbocycles. The molecule has 2 aromatic heterocycles. The van der Waals surface area contributed by atoms with Gasteiger partial charge >= 0.3 is 0 Å². The van der Waals surface area contributed by atoms with Crippen LogP contribution in [0.4, 0.5) is 16.6 Å². The van der Waals surface area contributed by atoms with Crippen molar-refractivity contribution in [1.82, 2.24) is 19.8 Å². The highest BCUT2D eigenvalue weighted by atomic mass is 32.1. The summed E-state index contributed by atoms with van der Waals surface area (Å²) in [6.07, 6.45) is 1.90. The standard InChI is InChI=1S/C10H11N7O3S/c1-2-3-11-8-4-6(7(5-12-8)17(19)20)9(18)13-10-14-15-16-21-10/h4-5H,2-3H2,1H3,(H,11,12)(H,13,14,16,18). The van der Waals surface area contributed by atoms with E-state index >= 15 is 0 Å². The van der Waals surface area contributed by atoms with E-state index in [0.717, 1.165) is 24.2 Å². The predicted octanol–water partition coefficient (Wildman–Crippen LogP) is 1.31. The third-order valence-electron chi connectivity index (χ3n) is 2.40. The van der Waals surface area contributed by atoms with E-state index in [1.165, 1.54) is 6.07 Å². The van der Waals surface area contributed by atoms with Gasteiger partial charge in [0.2, 0.25) is 5.13 Å². The van der Waals surface area contributed by atoms with E-state index in [4.69, 9.17) is 0 Å². The first-order valence-corrected chi connectivity index (χ1v) is 6.74. The molecule has 0 saturated carbocycles. The van der Waals surface area contributed by atoms with Crippen molar-refractivity contribution in [3.05, 3.63) is 27.9 Å². The molecule has 10 nitrogen and oxygen atoms in total. The molecule has 2 aromatic rings. The van der Waals surface area contributed by atoms with Gasteiger partial charge in [0.25, 0.3) is 11.6 Å². The molecule has 2 heterocycles. The molecule has 0 aliphatic rings. The van der Waals surface area contributed by atoms with Gasteiger partial charge in [-0.15, -0.1) is 0 Å². The van der Waals surface area contributed by atoms with Gasteiger partial charge in [-0.2, -0.15) is 0 Å². The lowest BCUT2D eigenvalue weighted by atomic mass is 10.2. The van der Waals surface area contributed by atoms with Crippen molar-refractivity contribution in [3.63, 3.8) is 0 Å². The minimum Gasteiger partial charge on any atom is -0.370 e. The quantitative estimate of drug-likeness (QED) is 0.602. The molecule has 2 N–H and O–H groups in total. The zero-order valence-electron chi connectivity index (χ0n) is 10.9. The number of aromatic nitrogens is 4. The van der Waals surface area contributed by atoms with E-state index in [0.29, 0.717) is 12.4 Å². The summed E-state index contributed by atoms with van der Waals surface area (Å²) in [5, 5.41) is 23.4. The molecule has 21 heavy (non-hydrogen) atoms. The molecule has 0 aliphatic carbocycles. The molecule has 0 atom stereocenters. The molecule has 0 fully saturated rings. The number of anilines is 2. The van der Waals surface area contributed by atoms with Gasteiger partial charge in [-0.3, -0.25) is 20.2 Å². The highest BCUT2D eigenvalue weighted by molar-refractivity contribution is 7.09. The summed E-state index contributed by atoms with van der Waals surface area (Å²) >= 11 is 0.873. The summed E-state index contributed by atoms with van der Waals surface area (Å²) in [6.45, 7) is 2.61. The zero-order valence-corrected chi connectivity index (χ0v) is 11.8. The molecule has 0 unspecified atom stereocenters. The van der Waals surface area contributed by atoms with Crippen molar-refractivity contribution in [2.24, 2.45) is 0 Å². The van der Waals surface area contributed by atoms with Crippen molar-refractivity contribution < 1.29 is 9.72 Å². The maximum Gasteiger partial charge on any atom is 0.300 e. The van der Waals surface area contributed by atoms with Gasteiger partial charge in [-0.1, -0.05) is 16.5 Å². The van der Waals surface area contributed by atoms with E-state index in [9.17, 15) is 14.9 Å². The molecular weight excluding hydrogens is 298 g/mol. The van der Waals surface area contributed by atoms with Crippen LogP contribution < -0.4 is 10.6 Å². The Kier molecular flexibility index (Phi) is 4.66. The summed E-state index contributed by atoms with van der Waals surface area (Å²) < 4.78 is 3.49. The highest BCUT2D eigenvalue weighted by Crippen LogP contribution is 2.21. The molecule has 0 bridgehead atoms. The SMILES string of the molecule is CCCNc1cc(C(=O)Nc2nnns2)c([N+](=O)[O-])cn1. The van der Waals surface area contributed by atoms with Crippen LogP contribution in [-0.2, 0) is 0 Å². The molecule has 0 saturated heterocycles. The molecule has 0 spiro atoms. The number of carbonyl (C=O) groups is 1. The second kappa shape index (κ2) is 6.65. The Morgan fingerprint density at radius 3 is 2.95 bits per heavy atom. The van der Waals surface area contributed by atoms with Crippen LogP contribution >= 0.6 is 11.5 Å². The fraction of sp³-hybridized carbons (Fsp3) is 0.300. The van der Waals surface area contributed by atoms with Crippen molar-refractivity contribution >= 4 is 34.1 Å². The lowest BCUT2D eigenvalue weighted by Crippen LogP contribution is -2.15. The number of amides is 1. The second-order valence-corrected chi connectivity index (χ2v) is 4.62. The summed E-state index contributed by atoms with van der Waals surface area (Å²) in [5.41, 5.74) is -0.490. The number of pyridine rings is 1. The maximum atomic E-state index is 12.1. The van der Waals surface area contributed by atoms with Crippen LogP contribution in [0.15, 0.2) is 12.3 Å². The number of nitrogens with one attached hydrogen (secondary N) is 2. The number of rotatable bonds is 6. The van der Waals surface area contributed by atoms with Gasteiger partial charge in [-0.25, -0.2) is 4.98 Å². The van der Waals surface area contributed by atoms with Gasteiger partial charge in [0.15, 0.2) is 0 Å². The summed E-state index contributed by atoms with van der Waals surface area (Å²) in [7, 11) is 0. The largest absolute Gasteiger partial charge is 0.370 e. The van der Waals surface area contributed by atoms with Crippen LogP contribution in [0.3, 0.4) is 0 Å². The normalized spacial score (nSPS) is 10.1. The Morgan fingerprint density at radius 1 is 1.52 bits per heavy atom. The average Bonchev–Trinajstić information content (AvgIpc) is 2.97. The summed E-state index contributed by atoms with van der Waals surface area (Å²) in [4.78, 5) is 26.3. The first-order chi connectivity index (χ1) is 10.1. The topological polar surface area (TPSA) is 136 Å². The van der Waals surface area contributed by atoms with E-state index in [2.05, 4.69) is 30.4 Å². The van der Waals surface area contributed by atoms with Gasteiger partial charge in [0.1, 0.15) is 17.6 Å². The number of nitrogens with zero attached hydrogens (tertiary/aromatic N) is 5. The predicted molar refractivity (Wildman–Crippen MR) is 75.3 cm³/mol. The minimum atomic E-state index is -0.665. The van der Waals surface area contributed by atoms with Gasteiger partial charge in [0, 0.05) is 24.1 Å². The van der Waals surface area contributed by atoms with Crippen LogP contribution in [0.2, 0.25) is 0 Å². The monoisotopic (exact) mass is 309 g/mol. The molecule has 2 rings (SSSR count).